The van der Waals surface area contributed by atoms with Crippen molar-refractivity contribution in [1.82, 2.24) is 0 Å². The van der Waals surface area contributed by atoms with E-state index in [0.29, 0.717) is 0 Å². The van der Waals surface area contributed by atoms with Crippen molar-refractivity contribution < 1.29 is 14.2 Å². The van der Waals surface area contributed by atoms with Crippen LogP contribution in [0.3, 0.4) is 0 Å². The minimum absolute atomic E-state index is 0.171. The van der Waals surface area contributed by atoms with Crippen molar-refractivity contribution in [2.45, 2.75) is 57.8 Å². The van der Waals surface area contributed by atoms with E-state index in [1.807, 2.05) is 0 Å². The van der Waals surface area contributed by atoms with Crippen LogP contribution >= 0.6 is 22.6 Å². The molecular weight excluding hydrogens is 403 g/mol. The van der Waals surface area contributed by atoms with Gasteiger partial charge in [-0.1, -0.05) is 51.2 Å². The maximum Gasteiger partial charge on any atom is 0.285 e. The van der Waals surface area contributed by atoms with Crippen molar-refractivity contribution in [1.29, 1.82) is 0 Å². The van der Waals surface area contributed by atoms with E-state index in [-0.39, 0.29) is 5.92 Å². The quantitative estimate of drug-likeness (QED) is 0.250. The third-order valence-electron chi connectivity index (χ3n) is 4.41. The van der Waals surface area contributed by atoms with Gasteiger partial charge in [-0.25, -0.2) is 0 Å². The maximum absolute atomic E-state index is 5.63. The molecule has 0 heterocycles. The van der Waals surface area contributed by atoms with Crippen LogP contribution in [0.5, 0.6) is 0 Å². The molecule has 0 N–H and O–H groups in total. The fourth-order valence-electron chi connectivity index (χ4n) is 3.05. The normalized spacial score (nSPS) is 13.3. The minimum Gasteiger partial charge on any atom is -0.331 e. The Morgan fingerprint density at radius 3 is 2.00 bits per heavy atom. The molecule has 0 fully saturated rings. The lowest BCUT2D eigenvalue weighted by molar-refractivity contribution is -0.379. The van der Waals surface area contributed by atoms with E-state index < -0.39 is 5.97 Å². The summed E-state index contributed by atoms with van der Waals surface area (Å²) in [4.78, 5) is 0. The van der Waals surface area contributed by atoms with Crippen LogP contribution < -0.4 is 0 Å². The highest BCUT2D eigenvalue weighted by Gasteiger charge is 2.39. The van der Waals surface area contributed by atoms with E-state index in [1.165, 1.54) is 41.2 Å². The largest absolute Gasteiger partial charge is 0.331 e. The van der Waals surface area contributed by atoms with Gasteiger partial charge in [0.1, 0.15) is 0 Å². The number of hydrogen-bond donors (Lipinski definition) is 0. The van der Waals surface area contributed by atoms with Crippen LogP contribution in [0.2, 0.25) is 0 Å². The van der Waals surface area contributed by atoms with Crippen molar-refractivity contribution in [3.63, 3.8) is 0 Å². The van der Waals surface area contributed by atoms with Gasteiger partial charge >= 0.3 is 0 Å². The molecule has 0 spiro atoms. The van der Waals surface area contributed by atoms with Gasteiger partial charge in [0.2, 0.25) is 0 Å². The molecule has 1 aromatic carbocycles. The number of hydrogen-bond acceptors (Lipinski definition) is 3. The molecule has 0 radical (unpaired) electrons. The molecule has 23 heavy (non-hydrogen) atoms. The molecule has 4 heteroatoms. The third kappa shape index (κ3) is 6.69. The highest BCUT2D eigenvalue weighted by molar-refractivity contribution is 14.1. The molecule has 1 rings (SSSR count). The van der Waals surface area contributed by atoms with Crippen LogP contribution in [-0.2, 0) is 20.6 Å². The molecular formula is C19H31IO3. The number of unbranched alkanes of at least 4 members (excludes halogenated alkanes) is 4. The number of methoxy groups -OCH3 is 3. The number of benzene rings is 1. The predicted octanol–water partition coefficient (Wildman–Crippen LogP) is 5.40. The smallest absolute Gasteiger partial charge is 0.285 e. The van der Waals surface area contributed by atoms with Crippen LogP contribution in [0.4, 0.5) is 0 Å². The van der Waals surface area contributed by atoms with E-state index in [1.54, 1.807) is 21.3 Å². The Morgan fingerprint density at radius 2 is 1.48 bits per heavy atom. The molecule has 1 aromatic rings. The van der Waals surface area contributed by atoms with E-state index in [9.17, 15) is 0 Å². The zero-order chi connectivity index (χ0) is 17.1. The van der Waals surface area contributed by atoms with Gasteiger partial charge in [-0.15, -0.1) is 0 Å². The van der Waals surface area contributed by atoms with Crippen LogP contribution in [0.1, 0.15) is 51.0 Å². The lowest BCUT2D eigenvalue weighted by Gasteiger charge is -2.36. The van der Waals surface area contributed by atoms with E-state index in [2.05, 4.69) is 53.8 Å². The first-order valence-corrected chi connectivity index (χ1v) is 9.59. The van der Waals surface area contributed by atoms with E-state index >= 15 is 0 Å². The van der Waals surface area contributed by atoms with Crippen molar-refractivity contribution in [3.8, 4) is 0 Å². The standard InChI is InChI=1S/C19H31IO3/c1-5-6-7-8-9-10-17(19(21-2,22-3)23-4)15-16-11-13-18(20)14-12-16/h11-14,17H,5-10,15H2,1-4H3. The summed E-state index contributed by atoms with van der Waals surface area (Å²) in [7, 11) is 4.97. The van der Waals surface area contributed by atoms with Gasteiger partial charge in [-0.2, -0.15) is 0 Å². The summed E-state index contributed by atoms with van der Waals surface area (Å²) >= 11 is 2.33. The summed E-state index contributed by atoms with van der Waals surface area (Å²) in [6.07, 6.45) is 8.23. The van der Waals surface area contributed by atoms with Crippen LogP contribution in [0.15, 0.2) is 24.3 Å². The molecule has 1 unspecified atom stereocenters. The zero-order valence-corrected chi connectivity index (χ0v) is 17.1. The van der Waals surface area contributed by atoms with Crippen LogP contribution in [0, 0.1) is 9.49 Å². The zero-order valence-electron chi connectivity index (χ0n) is 14.9. The molecule has 0 aliphatic rings. The molecule has 132 valence electrons. The summed E-state index contributed by atoms with van der Waals surface area (Å²) in [6, 6.07) is 8.64. The average Bonchev–Trinajstić information content (AvgIpc) is 2.58. The summed E-state index contributed by atoms with van der Waals surface area (Å²) < 4.78 is 18.1. The predicted molar refractivity (Wildman–Crippen MR) is 103 cm³/mol. The highest BCUT2D eigenvalue weighted by atomic mass is 127. The molecule has 0 saturated carbocycles. The topological polar surface area (TPSA) is 27.7 Å². The molecule has 3 nitrogen and oxygen atoms in total. The van der Waals surface area contributed by atoms with Crippen molar-refractivity contribution in [3.05, 3.63) is 33.4 Å². The van der Waals surface area contributed by atoms with Crippen molar-refractivity contribution in [2.75, 3.05) is 21.3 Å². The summed E-state index contributed by atoms with van der Waals surface area (Å²) in [5.74, 6) is -0.794. The highest BCUT2D eigenvalue weighted by Crippen LogP contribution is 2.31. The monoisotopic (exact) mass is 434 g/mol. The first kappa shape index (κ1) is 20.9. The Bertz CT molecular complexity index is 407. The number of ether oxygens (including phenoxy) is 3. The molecule has 0 aliphatic carbocycles. The minimum atomic E-state index is -0.965. The van der Waals surface area contributed by atoms with Crippen LogP contribution in [-0.4, -0.2) is 27.3 Å². The van der Waals surface area contributed by atoms with Gasteiger partial charge in [-0.05, 0) is 53.1 Å². The Balaban J connectivity index is 2.76. The average molecular weight is 434 g/mol. The van der Waals surface area contributed by atoms with Gasteiger partial charge < -0.3 is 14.2 Å². The summed E-state index contributed by atoms with van der Waals surface area (Å²) in [5.41, 5.74) is 1.29. The number of halogens is 1. The maximum atomic E-state index is 5.63. The summed E-state index contributed by atoms with van der Waals surface area (Å²) in [5, 5.41) is 0. The fraction of sp³-hybridized carbons (Fsp3) is 0.684. The Hall–Kier alpha value is -0.170. The van der Waals surface area contributed by atoms with Gasteiger partial charge in [-0.3, -0.25) is 0 Å². The Labute approximate surface area is 155 Å². The van der Waals surface area contributed by atoms with Crippen molar-refractivity contribution in [2.24, 2.45) is 5.92 Å². The number of rotatable bonds is 12. The second-order valence-electron chi connectivity index (χ2n) is 5.95. The molecule has 0 amide bonds. The first-order valence-electron chi connectivity index (χ1n) is 8.51. The third-order valence-corrected chi connectivity index (χ3v) is 5.12. The lowest BCUT2D eigenvalue weighted by Crippen LogP contribution is -2.45. The van der Waals surface area contributed by atoms with Gasteiger partial charge in [0.25, 0.3) is 5.97 Å². The van der Waals surface area contributed by atoms with E-state index in [4.69, 9.17) is 14.2 Å². The van der Waals surface area contributed by atoms with Gasteiger partial charge in [0, 0.05) is 30.8 Å². The molecule has 1 atom stereocenters. The molecule has 0 bridgehead atoms. The lowest BCUT2D eigenvalue weighted by atomic mass is 9.91. The van der Waals surface area contributed by atoms with E-state index in [0.717, 1.165) is 12.8 Å². The summed E-state index contributed by atoms with van der Waals surface area (Å²) in [6.45, 7) is 2.24. The van der Waals surface area contributed by atoms with Gasteiger partial charge in [0.15, 0.2) is 0 Å². The molecule has 0 saturated heterocycles. The molecule has 0 aromatic heterocycles. The van der Waals surface area contributed by atoms with Gasteiger partial charge in [0.05, 0.1) is 0 Å². The van der Waals surface area contributed by atoms with Crippen molar-refractivity contribution >= 4 is 22.6 Å². The first-order chi connectivity index (χ1) is 11.1. The Kier molecular flexibility index (Phi) is 10.3. The Morgan fingerprint density at radius 1 is 0.913 bits per heavy atom. The second kappa shape index (κ2) is 11.4. The molecule has 0 aliphatic heterocycles. The fourth-order valence-corrected chi connectivity index (χ4v) is 3.41. The second-order valence-corrected chi connectivity index (χ2v) is 7.19. The SMILES string of the molecule is CCCCCCCC(Cc1ccc(I)cc1)C(OC)(OC)OC. The van der Waals surface area contributed by atoms with Crippen LogP contribution in [0.25, 0.3) is 0 Å².